The molecule has 5 heteroatoms. The zero-order chi connectivity index (χ0) is 87.8. The predicted molar refractivity (Wildman–Crippen MR) is 446 cm³/mol. The van der Waals surface area contributed by atoms with Crippen molar-refractivity contribution in [1.82, 2.24) is 0 Å². The molecular formula is C102H128N5+5. The fourth-order valence-corrected chi connectivity index (χ4v) is 21.0. The first-order valence-corrected chi connectivity index (χ1v) is 39.7. The van der Waals surface area contributed by atoms with Crippen LogP contribution in [-0.2, 0) is 56.9 Å². The molecule has 0 amide bonds. The van der Waals surface area contributed by atoms with Crippen LogP contribution in [0.5, 0.6) is 0 Å². The summed E-state index contributed by atoms with van der Waals surface area (Å²) in [6, 6.07) is 40.7. The molecule has 5 nitrogen and oxygen atoms in total. The van der Waals surface area contributed by atoms with Crippen molar-refractivity contribution in [3.8, 4) is 56.3 Å². The van der Waals surface area contributed by atoms with E-state index < -0.39 is 49.5 Å². The zero-order valence-electron chi connectivity index (χ0n) is 81.6. The molecule has 3 saturated carbocycles. The molecule has 6 unspecified atom stereocenters. The van der Waals surface area contributed by atoms with Crippen LogP contribution in [0.25, 0.3) is 56.3 Å². The first-order valence-electron chi connectivity index (χ1n) is 46.2. The second-order valence-corrected chi connectivity index (χ2v) is 36.5. The summed E-state index contributed by atoms with van der Waals surface area (Å²) >= 11 is 0. The van der Waals surface area contributed by atoms with Gasteiger partial charge in [0, 0.05) is 104 Å². The van der Waals surface area contributed by atoms with E-state index in [0.717, 1.165) is 91.0 Å². The van der Waals surface area contributed by atoms with Gasteiger partial charge in [-0.3, -0.25) is 0 Å². The van der Waals surface area contributed by atoms with Gasteiger partial charge in [0.1, 0.15) is 35.2 Å². The smallest absolute Gasteiger partial charge is 0.201 e. The van der Waals surface area contributed by atoms with Crippen LogP contribution >= 0.6 is 0 Å². The molecule has 18 rings (SSSR count). The van der Waals surface area contributed by atoms with Gasteiger partial charge in [0.05, 0.1) is 0 Å². The summed E-state index contributed by atoms with van der Waals surface area (Å²) < 4.78 is 116. The topological polar surface area (TPSA) is 19.4 Å². The molecule has 6 atom stereocenters. The van der Waals surface area contributed by atoms with E-state index in [9.17, 15) is 2.74 Å². The summed E-state index contributed by atoms with van der Waals surface area (Å²) in [4.78, 5) is 0. The summed E-state index contributed by atoms with van der Waals surface area (Å²) in [5.74, 6) is -1.28. The number of rotatable bonds is 5. The van der Waals surface area contributed by atoms with Crippen molar-refractivity contribution in [2.24, 2.45) is 40.7 Å². The fraction of sp³-hybridized carbons (Fsp3) is 0.461. The molecule has 8 aliphatic rings. The number of hydrogen-bond acceptors (Lipinski definition) is 0. The molecule has 5 aromatic heterocycles. The van der Waals surface area contributed by atoms with Gasteiger partial charge in [0.25, 0.3) is 0 Å². The average Bonchev–Trinajstić information content (AvgIpc) is 1.50. The minimum atomic E-state index is -2.13. The van der Waals surface area contributed by atoms with Crippen molar-refractivity contribution in [3.05, 3.63) is 264 Å². The number of benzene rings is 5. The normalized spacial score (nSPS) is 26.4. The van der Waals surface area contributed by atoms with Crippen LogP contribution < -0.4 is 22.8 Å². The Kier molecular flexibility index (Phi) is 15.9. The lowest BCUT2D eigenvalue weighted by molar-refractivity contribution is -0.661. The largest absolute Gasteiger partial charge is 0.216 e. The van der Waals surface area contributed by atoms with Crippen LogP contribution in [0.3, 0.4) is 0 Å². The van der Waals surface area contributed by atoms with E-state index in [1.807, 2.05) is 101 Å². The Hall–Kier alpha value is -8.15. The van der Waals surface area contributed by atoms with Gasteiger partial charge >= 0.3 is 0 Å². The first-order chi connectivity index (χ1) is 55.5. The summed E-state index contributed by atoms with van der Waals surface area (Å²) in [6.07, 6.45) is 21.9. The SMILES string of the molecule is Cc1ccc(-c2c3c(cc[n+]2C)C(C)(C)CC3(C)C)c(C)c1.Cc1ccc(-c2c3c(cc[n+]2C)C2CCC3C2)c(C)c1.[2H]C([2H])([2H])c1ccc(-c2c3c(cc[n+]2C)C2([2H])CCC3([2H])C2(C)C)c(C)c1.[2H]C([2H])([2H])c1ccc(-c2c3c(cc[n+]2C)C2([2H])CCC3([2H])C2)c(C)c1.[2H]C([2H])([2H])c1ccc(-c2cc3c(c[n+]2C)C(C)(C)CCC3(C)C)c(C)c1. The number of pyridine rings is 5. The molecule has 556 valence electrons. The van der Waals surface area contributed by atoms with Gasteiger partial charge in [-0.2, -0.15) is 0 Å². The van der Waals surface area contributed by atoms with E-state index in [0.29, 0.717) is 42.4 Å². The third kappa shape index (κ3) is 13.6. The van der Waals surface area contributed by atoms with Gasteiger partial charge < -0.3 is 0 Å². The van der Waals surface area contributed by atoms with Crippen molar-refractivity contribution in [1.29, 1.82) is 0 Å². The van der Waals surface area contributed by atoms with E-state index in [4.69, 9.17) is 15.1 Å². The Morgan fingerprint density at radius 2 is 0.776 bits per heavy atom. The second-order valence-electron chi connectivity index (χ2n) is 36.5. The van der Waals surface area contributed by atoms with E-state index in [1.165, 1.54) is 106 Å². The fourth-order valence-electron chi connectivity index (χ4n) is 21.0. The van der Waals surface area contributed by atoms with Crippen molar-refractivity contribution in [2.45, 2.75) is 266 Å². The number of nitrogens with zero attached hydrogens (tertiary/aromatic N) is 5. The third-order valence-electron chi connectivity index (χ3n) is 26.4. The molecule has 107 heavy (non-hydrogen) atoms. The Bertz CT molecular complexity index is 5800. The molecule has 5 heterocycles. The van der Waals surface area contributed by atoms with E-state index in [2.05, 4.69) is 191 Å². The summed E-state index contributed by atoms with van der Waals surface area (Å²) in [5, 5.41) is 0. The molecule has 0 radical (unpaired) electrons. The first kappa shape index (κ1) is 60.7. The minimum absolute atomic E-state index is 0.153. The van der Waals surface area contributed by atoms with Gasteiger partial charge in [-0.1, -0.05) is 158 Å². The average molecular weight is 1440 g/mol. The van der Waals surface area contributed by atoms with Gasteiger partial charge in [-0.25, -0.2) is 22.8 Å². The van der Waals surface area contributed by atoms with Crippen LogP contribution in [0.2, 0.25) is 0 Å². The highest BCUT2D eigenvalue weighted by Crippen LogP contribution is 2.66. The molecule has 8 aliphatic carbocycles. The maximum Gasteiger partial charge on any atom is 0.216 e. The Labute approximate surface area is 663 Å². The van der Waals surface area contributed by atoms with Crippen molar-refractivity contribution in [3.63, 3.8) is 0 Å². The Morgan fingerprint density at radius 1 is 0.346 bits per heavy atom. The van der Waals surface area contributed by atoms with Crippen LogP contribution in [0.1, 0.15) is 304 Å². The number of aryl methyl sites for hydroxylation is 15. The highest BCUT2D eigenvalue weighted by Gasteiger charge is 2.55. The molecule has 3 fully saturated rings. The number of fused-ring (bicyclic) bond motifs is 17. The maximum absolute atomic E-state index is 9.36. The molecule has 6 bridgehead atoms. The monoisotopic (exact) mass is 1440 g/mol. The van der Waals surface area contributed by atoms with Gasteiger partial charge in [0.15, 0.2) is 31.0 Å². The van der Waals surface area contributed by atoms with Crippen molar-refractivity contribution >= 4 is 0 Å². The van der Waals surface area contributed by atoms with Crippen LogP contribution in [0, 0.1) is 74.4 Å². The highest BCUT2D eigenvalue weighted by atomic mass is 15.0. The van der Waals surface area contributed by atoms with E-state index in [-0.39, 0.29) is 21.7 Å². The van der Waals surface area contributed by atoms with E-state index in [1.54, 1.807) is 47.5 Å². The van der Waals surface area contributed by atoms with Crippen LogP contribution in [-0.4, -0.2) is 0 Å². The number of hydrogen-bond donors (Lipinski definition) is 0. The van der Waals surface area contributed by atoms with Crippen molar-refractivity contribution < 1.29 is 40.7 Å². The second kappa shape index (κ2) is 28.1. The lowest BCUT2D eigenvalue weighted by Crippen LogP contribution is -2.40. The van der Waals surface area contributed by atoms with Gasteiger partial charge in [-0.05, 0) is 288 Å². The molecule has 0 N–H and O–H groups in total. The van der Waals surface area contributed by atoms with Gasteiger partial charge in [0.2, 0.25) is 28.5 Å². The predicted octanol–water partition coefficient (Wildman–Crippen LogP) is 23.0. The molecular weight excluding hydrogens is 1300 g/mol. The Morgan fingerprint density at radius 3 is 1.32 bits per heavy atom. The van der Waals surface area contributed by atoms with Crippen LogP contribution in [0.15, 0.2) is 152 Å². The molecule has 5 aromatic carbocycles. The third-order valence-corrected chi connectivity index (χ3v) is 26.4. The standard InChI is InChI=1S/C22H30N.C21H26N.C21H28N.2C19H22N/c1-15-8-9-17(16(2)12-15)20-13-18-19(14-23(20)7)22(5,6)11-10-21(18,3)4;1-13-6-7-15(14(2)12-13)20-19-16(10-11-22(20)5)17-8-9-18(19)21(17,3)4;1-14-8-9-16(15(2)12-14)19-18-17(10-11-22(19)7)20(3,4)13-21(18,5)6;2*1-12-4-7-16(13(2)10-12)19-18-15-6-5-14(11-15)17(18)8-9-20(19)3/h8-9,12-14H,10-11H2,1-7H3;6-7,10-12,17-18H,8-9H2,1-5H3;8-12H,13H2,1-7H3;2*4,7-10,14-15H,5-6,11H2,1-3H3/q5*+1/i1D3;1D3,17D,18D;;1D3,14D,15D;. The maximum atomic E-state index is 9.36. The summed E-state index contributed by atoms with van der Waals surface area (Å²) in [6.45, 7) is 31.3. The molecule has 10 aromatic rings. The lowest BCUT2D eigenvalue weighted by Gasteiger charge is -2.40. The number of aromatic nitrogens is 5. The van der Waals surface area contributed by atoms with Gasteiger partial charge in [-0.15, -0.1) is 0 Å². The molecule has 0 spiro atoms. The molecule has 0 saturated heterocycles. The molecule has 0 aliphatic heterocycles. The quantitative estimate of drug-likeness (QED) is 0.153. The summed E-state index contributed by atoms with van der Waals surface area (Å²) in [5.41, 5.74) is 34.3. The minimum Gasteiger partial charge on any atom is -0.201 e. The Balaban J connectivity index is 0.000000123. The highest BCUT2D eigenvalue weighted by molar-refractivity contribution is 5.73. The van der Waals surface area contributed by atoms with Crippen molar-refractivity contribution in [2.75, 3.05) is 0 Å². The van der Waals surface area contributed by atoms with Crippen LogP contribution in [0.4, 0.5) is 0 Å². The zero-order valence-corrected chi connectivity index (χ0v) is 68.6. The summed E-state index contributed by atoms with van der Waals surface area (Å²) in [7, 11) is 10.4. The van der Waals surface area contributed by atoms with E-state index >= 15 is 0 Å². The lowest BCUT2D eigenvalue weighted by atomic mass is 9.63.